The molecule has 0 radical (unpaired) electrons. The number of aryl methyl sites for hydroxylation is 2. The van der Waals surface area contributed by atoms with Gasteiger partial charge in [0, 0.05) is 13.1 Å². The van der Waals surface area contributed by atoms with E-state index in [-0.39, 0.29) is 18.6 Å². The monoisotopic (exact) mass is 344 g/mol. The van der Waals surface area contributed by atoms with Crippen molar-refractivity contribution in [1.82, 2.24) is 10.2 Å². The lowest BCUT2D eigenvalue weighted by atomic mass is 9.90. The maximum atomic E-state index is 12.3. The van der Waals surface area contributed by atoms with Crippen LogP contribution in [0.2, 0.25) is 0 Å². The summed E-state index contributed by atoms with van der Waals surface area (Å²) in [6, 6.07) is 8.87. The van der Waals surface area contributed by atoms with E-state index in [2.05, 4.69) is 36.5 Å². The molecule has 0 unspecified atom stereocenters. The summed E-state index contributed by atoms with van der Waals surface area (Å²) < 4.78 is 5.81. The summed E-state index contributed by atoms with van der Waals surface area (Å²) in [5, 5.41) is 3.32. The van der Waals surface area contributed by atoms with Gasteiger partial charge in [-0.15, -0.1) is 0 Å². The molecule has 0 saturated carbocycles. The van der Waals surface area contributed by atoms with Crippen LogP contribution in [0, 0.1) is 12.8 Å². The van der Waals surface area contributed by atoms with Crippen molar-refractivity contribution in [2.24, 2.45) is 5.92 Å². The van der Waals surface area contributed by atoms with Gasteiger partial charge in [-0.3, -0.25) is 4.79 Å². The van der Waals surface area contributed by atoms with Gasteiger partial charge in [0.2, 0.25) is 5.91 Å². The summed E-state index contributed by atoms with van der Waals surface area (Å²) >= 11 is 0. The van der Waals surface area contributed by atoms with Crippen LogP contribution in [0.1, 0.15) is 43.2 Å². The van der Waals surface area contributed by atoms with Crippen molar-refractivity contribution in [3.8, 4) is 0 Å². The Balaban J connectivity index is 1.33. The molecule has 4 heteroatoms. The van der Waals surface area contributed by atoms with E-state index in [0.717, 1.165) is 64.2 Å². The first-order chi connectivity index (χ1) is 12.2. The molecular weight excluding hydrogens is 312 g/mol. The largest absolute Gasteiger partial charge is 0.368 e. The van der Waals surface area contributed by atoms with Gasteiger partial charge in [-0.1, -0.05) is 29.8 Å². The Morgan fingerprint density at radius 1 is 1.12 bits per heavy atom. The minimum Gasteiger partial charge on any atom is -0.368 e. The van der Waals surface area contributed by atoms with Crippen LogP contribution in [0.5, 0.6) is 0 Å². The molecule has 2 fully saturated rings. The number of likely N-dealkylation sites (tertiary alicyclic amines) is 1. The van der Waals surface area contributed by atoms with E-state index in [4.69, 9.17) is 4.74 Å². The number of ether oxygens (including phenoxy) is 1. The number of rotatable bonds is 6. The number of piperidine rings is 2. The number of amides is 1. The second-order valence-corrected chi connectivity index (χ2v) is 7.61. The molecule has 0 atom stereocenters. The quantitative estimate of drug-likeness (QED) is 0.863. The molecule has 1 N–H and O–H groups in total. The Morgan fingerprint density at radius 3 is 2.48 bits per heavy atom. The van der Waals surface area contributed by atoms with Crippen molar-refractivity contribution in [2.75, 3.05) is 32.8 Å². The number of hydrogen-bond acceptors (Lipinski definition) is 3. The van der Waals surface area contributed by atoms with Gasteiger partial charge in [0.25, 0.3) is 0 Å². The van der Waals surface area contributed by atoms with E-state index in [1.165, 1.54) is 17.5 Å². The second-order valence-electron chi connectivity index (χ2n) is 7.61. The van der Waals surface area contributed by atoms with Gasteiger partial charge in [-0.2, -0.15) is 0 Å². The molecular formula is C21H32N2O2. The van der Waals surface area contributed by atoms with Crippen LogP contribution in [0.15, 0.2) is 24.3 Å². The molecule has 0 bridgehead atoms. The average Bonchev–Trinajstić information content (AvgIpc) is 2.67. The lowest BCUT2D eigenvalue weighted by Gasteiger charge is -2.32. The summed E-state index contributed by atoms with van der Waals surface area (Å²) in [4.78, 5) is 14.3. The maximum Gasteiger partial charge on any atom is 0.248 e. The highest BCUT2D eigenvalue weighted by Gasteiger charge is 2.23. The highest BCUT2D eigenvalue weighted by molar-refractivity contribution is 5.77. The SMILES string of the molecule is Cc1ccc(CCC2CCN(C(=O)COC3CCNCC3)CC2)cc1. The molecule has 1 aromatic rings. The van der Waals surface area contributed by atoms with E-state index in [9.17, 15) is 4.79 Å². The summed E-state index contributed by atoms with van der Waals surface area (Å²) in [5.74, 6) is 0.922. The minimum atomic E-state index is 0.176. The first-order valence-corrected chi connectivity index (χ1v) is 9.86. The number of benzene rings is 1. The molecule has 2 aliphatic heterocycles. The van der Waals surface area contributed by atoms with Crippen LogP contribution in [-0.4, -0.2) is 49.7 Å². The minimum absolute atomic E-state index is 0.176. The van der Waals surface area contributed by atoms with Gasteiger partial charge in [0.05, 0.1) is 6.10 Å². The molecule has 2 saturated heterocycles. The van der Waals surface area contributed by atoms with Gasteiger partial charge in [0.1, 0.15) is 6.61 Å². The van der Waals surface area contributed by atoms with Gasteiger partial charge in [0.15, 0.2) is 0 Å². The third-order valence-electron chi connectivity index (χ3n) is 5.66. The normalized spacial score (nSPS) is 20.0. The van der Waals surface area contributed by atoms with Gasteiger partial charge >= 0.3 is 0 Å². The Hall–Kier alpha value is -1.39. The highest BCUT2D eigenvalue weighted by Crippen LogP contribution is 2.23. The third kappa shape index (κ3) is 5.82. The number of hydrogen-bond donors (Lipinski definition) is 1. The van der Waals surface area contributed by atoms with Crippen LogP contribution in [0.25, 0.3) is 0 Å². The predicted molar refractivity (Wildman–Crippen MR) is 101 cm³/mol. The molecule has 2 heterocycles. The molecule has 138 valence electrons. The zero-order valence-electron chi connectivity index (χ0n) is 15.5. The van der Waals surface area contributed by atoms with Crippen molar-refractivity contribution in [3.63, 3.8) is 0 Å². The molecule has 0 spiro atoms. The fourth-order valence-electron chi connectivity index (χ4n) is 3.84. The van der Waals surface area contributed by atoms with Crippen molar-refractivity contribution in [3.05, 3.63) is 35.4 Å². The van der Waals surface area contributed by atoms with E-state index in [0.29, 0.717) is 0 Å². The smallest absolute Gasteiger partial charge is 0.248 e. The van der Waals surface area contributed by atoms with Gasteiger partial charge in [-0.05, 0) is 70.0 Å². The molecule has 0 aromatic heterocycles. The number of nitrogens with zero attached hydrogens (tertiary/aromatic N) is 1. The fraction of sp³-hybridized carbons (Fsp3) is 0.667. The summed E-state index contributed by atoms with van der Waals surface area (Å²) in [5.41, 5.74) is 2.75. The number of carbonyl (C=O) groups is 1. The molecule has 1 aromatic carbocycles. The van der Waals surface area contributed by atoms with Crippen molar-refractivity contribution < 1.29 is 9.53 Å². The molecule has 0 aliphatic carbocycles. The van der Waals surface area contributed by atoms with Crippen LogP contribution in [0.4, 0.5) is 0 Å². The molecule has 2 aliphatic rings. The van der Waals surface area contributed by atoms with E-state index in [1.54, 1.807) is 0 Å². The Labute approximate surface area is 151 Å². The van der Waals surface area contributed by atoms with Crippen LogP contribution in [-0.2, 0) is 16.0 Å². The lowest BCUT2D eigenvalue weighted by molar-refractivity contribution is -0.140. The Morgan fingerprint density at radius 2 is 1.80 bits per heavy atom. The van der Waals surface area contributed by atoms with Gasteiger partial charge in [-0.25, -0.2) is 0 Å². The fourth-order valence-corrected chi connectivity index (χ4v) is 3.84. The Kier molecular flexibility index (Phi) is 6.88. The van der Waals surface area contributed by atoms with Gasteiger partial charge < -0.3 is 15.0 Å². The zero-order valence-corrected chi connectivity index (χ0v) is 15.5. The molecule has 25 heavy (non-hydrogen) atoms. The summed E-state index contributed by atoms with van der Waals surface area (Å²) in [6.07, 6.45) is 6.95. The van der Waals surface area contributed by atoms with Crippen molar-refractivity contribution in [2.45, 2.75) is 51.6 Å². The third-order valence-corrected chi connectivity index (χ3v) is 5.66. The molecule has 1 amide bonds. The first-order valence-electron chi connectivity index (χ1n) is 9.86. The molecule has 4 nitrogen and oxygen atoms in total. The zero-order chi connectivity index (χ0) is 17.5. The Bertz CT molecular complexity index is 529. The van der Waals surface area contributed by atoms with Crippen LogP contribution < -0.4 is 5.32 Å². The van der Waals surface area contributed by atoms with Crippen molar-refractivity contribution >= 4 is 5.91 Å². The second kappa shape index (κ2) is 9.35. The lowest BCUT2D eigenvalue weighted by Crippen LogP contribution is -2.42. The maximum absolute atomic E-state index is 12.3. The average molecular weight is 344 g/mol. The standard InChI is InChI=1S/C21H32N2O2/c1-17-2-4-18(5-3-17)6-7-19-10-14-23(15-11-19)21(24)16-25-20-8-12-22-13-9-20/h2-5,19-20,22H,6-16H2,1H3. The number of carbonyl (C=O) groups excluding carboxylic acids is 1. The number of nitrogens with one attached hydrogen (secondary N) is 1. The van der Waals surface area contributed by atoms with Crippen molar-refractivity contribution in [1.29, 1.82) is 0 Å². The highest BCUT2D eigenvalue weighted by atomic mass is 16.5. The predicted octanol–water partition coefficient (Wildman–Crippen LogP) is 2.93. The summed E-state index contributed by atoms with van der Waals surface area (Å²) in [6.45, 7) is 6.19. The summed E-state index contributed by atoms with van der Waals surface area (Å²) in [7, 11) is 0. The van der Waals surface area contributed by atoms with E-state index < -0.39 is 0 Å². The van der Waals surface area contributed by atoms with E-state index >= 15 is 0 Å². The molecule has 3 rings (SSSR count). The van der Waals surface area contributed by atoms with E-state index in [1.807, 2.05) is 4.90 Å². The van der Waals surface area contributed by atoms with Crippen LogP contribution in [0.3, 0.4) is 0 Å². The first kappa shape index (κ1) is 18.4. The topological polar surface area (TPSA) is 41.6 Å². The van der Waals surface area contributed by atoms with Crippen LogP contribution >= 0.6 is 0 Å².